The fraction of sp³-hybridized carbons (Fsp3) is 0.438. The molecule has 2 atom stereocenters. The summed E-state index contributed by atoms with van der Waals surface area (Å²) in [6, 6.07) is 4.99. The maximum Gasteiger partial charge on any atom is 0.229 e. The molecule has 2 unspecified atom stereocenters. The first kappa shape index (κ1) is 13.8. The molecule has 5 heteroatoms. The molecule has 0 aromatic heterocycles. The summed E-state index contributed by atoms with van der Waals surface area (Å²) >= 11 is 0. The van der Waals surface area contributed by atoms with Crippen LogP contribution in [-0.2, 0) is 16.0 Å². The molecule has 1 aromatic rings. The Bertz CT molecular complexity index is 623. The van der Waals surface area contributed by atoms with Crippen molar-refractivity contribution in [3.63, 3.8) is 0 Å². The second-order valence-corrected chi connectivity index (χ2v) is 5.88. The standard InChI is InChI=1S/C16H17NO4/c18-13-3-1-2-11-12(13)7-9(8-14(11)19)6-10-4-5-15(20)17-16(10)21/h1-3,9-10,18H,4-8H2,(H,17,20,21). The third kappa shape index (κ3) is 2.68. The van der Waals surface area contributed by atoms with Gasteiger partial charge in [0.05, 0.1) is 0 Å². The van der Waals surface area contributed by atoms with Crippen LogP contribution in [0.1, 0.15) is 41.6 Å². The van der Waals surface area contributed by atoms with Crippen molar-refractivity contribution in [3.8, 4) is 5.75 Å². The van der Waals surface area contributed by atoms with Gasteiger partial charge in [0.2, 0.25) is 11.8 Å². The summed E-state index contributed by atoms with van der Waals surface area (Å²) in [6.07, 6.45) is 2.49. The molecule has 0 saturated carbocycles. The van der Waals surface area contributed by atoms with Crippen LogP contribution >= 0.6 is 0 Å². The van der Waals surface area contributed by atoms with Crippen LogP contribution in [0.4, 0.5) is 0 Å². The van der Waals surface area contributed by atoms with Crippen molar-refractivity contribution in [2.24, 2.45) is 11.8 Å². The molecule has 0 bridgehead atoms. The number of nitrogens with one attached hydrogen (secondary N) is 1. The molecule has 3 rings (SSSR count). The Kier molecular flexibility index (Phi) is 3.49. The van der Waals surface area contributed by atoms with Crippen molar-refractivity contribution in [2.75, 3.05) is 0 Å². The molecule has 1 heterocycles. The monoisotopic (exact) mass is 287 g/mol. The first-order valence-electron chi connectivity index (χ1n) is 7.22. The van der Waals surface area contributed by atoms with Crippen molar-refractivity contribution in [1.29, 1.82) is 0 Å². The van der Waals surface area contributed by atoms with Crippen LogP contribution < -0.4 is 5.32 Å². The first-order valence-corrected chi connectivity index (χ1v) is 7.22. The summed E-state index contributed by atoms with van der Waals surface area (Å²) < 4.78 is 0. The summed E-state index contributed by atoms with van der Waals surface area (Å²) in [6.45, 7) is 0. The summed E-state index contributed by atoms with van der Waals surface area (Å²) in [5.74, 6) is -0.464. The highest BCUT2D eigenvalue weighted by atomic mass is 16.3. The quantitative estimate of drug-likeness (QED) is 0.809. The van der Waals surface area contributed by atoms with E-state index in [1.165, 1.54) is 0 Å². The van der Waals surface area contributed by atoms with E-state index in [0.717, 1.165) is 0 Å². The number of hydrogen-bond donors (Lipinski definition) is 2. The van der Waals surface area contributed by atoms with Gasteiger partial charge in [-0.1, -0.05) is 12.1 Å². The minimum Gasteiger partial charge on any atom is -0.508 e. The van der Waals surface area contributed by atoms with Crippen molar-refractivity contribution in [1.82, 2.24) is 5.32 Å². The normalized spacial score (nSPS) is 25.4. The molecular formula is C16H17NO4. The topological polar surface area (TPSA) is 83.5 Å². The lowest BCUT2D eigenvalue weighted by molar-refractivity contribution is -0.136. The number of fused-ring (bicyclic) bond motifs is 1. The Morgan fingerprint density at radius 3 is 2.76 bits per heavy atom. The highest BCUT2D eigenvalue weighted by Gasteiger charge is 2.33. The highest BCUT2D eigenvalue weighted by molar-refractivity contribution is 6.00. The van der Waals surface area contributed by atoms with Gasteiger partial charge >= 0.3 is 0 Å². The fourth-order valence-electron chi connectivity index (χ4n) is 3.32. The molecule has 1 aliphatic carbocycles. The predicted molar refractivity (Wildman–Crippen MR) is 74.7 cm³/mol. The third-order valence-electron chi connectivity index (χ3n) is 4.39. The number of phenols is 1. The number of carbonyl (C=O) groups is 3. The van der Waals surface area contributed by atoms with Gasteiger partial charge in [-0.15, -0.1) is 0 Å². The maximum absolute atomic E-state index is 12.2. The van der Waals surface area contributed by atoms with E-state index in [9.17, 15) is 19.5 Å². The fourth-order valence-corrected chi connectivity index (χ4v) is 3.32. The van der Waals surface area contributed by atoms with Gasteiger partial charge in [0.25, 0.3) is 0 Å². The van der Waals surface area contributed by atoms with Crippen molar-refractivity contribution in [2.45, 2.75) is 32.1 Å². The van der Waals surface area contributed by atoms with Crippen LogP contribution in [0, 0.1) is 11.8 Å². The minimum atomic E-state index is -0.234. The number of piperidine rings is 1. The van der Waals surface area contributed by atoms with Gasteiger partial charge in [0.1, 0.15) is 5.75 Å². The lowest BCUT2D eigenvalue weighted by Crippen LogP contribution is -2.41. The van der Waals surface area contributed by atoms with E-state index in [4.69, 9.17) is 0 Å². The van der Waals surface area contributed by atoms with Gasteiger partial charge in [0.15, 0.2) is 5.78 Å². The molecule has 2 amide bonds. The van der Waals surface area contributed by atoms with Crippen molar-refractivity contribution in [3.05, 3.63) is 29.3 Å². The lowest BCUT2D eigenvalue weighted by atomic mass is 9.77. The molecule has 1 aliphatic heterocycles. The third-order valence-corrected chi connectivity index (χ3v) is 4.39. The number of imide groups is 1. The first-order chi connectivity index (χ1) is 10.0. The average Bonchev–Trinajstić information content (AvgIpc) is 2.43. The van der Waals surface area contributed by atoms with Gasteiger partial charge in [0, 0.05) is 29.9 Å². The van der Waals surface area contributed by atoms with Gasteiger partial charge in [-0.3, -0.25) is 19.7 Å². The zero-order valence-corrected chi connectivity index (χ0v) is 11.6. The largest absolute Gasteiger partial charge is 0.508 e. The number of aromatic hydroxyl groups is 1. The Labute approximate surface area is 122 Å². The van der Waals surface area contributed by atoms with E-state index in [-0.39, 0.29) is 35.2 Å². The Hall–Kier alpha value is -2.17. The van der Waals surface area contributed by atoms with Gasteiger partial charge in [-0.2, -0.15) is 0 Å². The minimum absolute atomic E-state index is 0.0180. The summed E-state index contributed by atoms with van der Waals surface area (Å²) in [5.41, 5.74) is 1.28. The summed E-state index contributed by atoms with van der Waals surface area (Å²) in [4.78, 5) is 35.1. The number of phenolic OH excluding ortho intramolecular Hbond substituents is 1. The molecule has 110 valence electrons. The molecule has 5 nitrogen and oxygen atoms in total. The van der Waals surface area contributed by atoms with E-state index in [1.54, 1.807) is 18.2 Å². The SMILES string of the molecule is O=C1CCC(CC2CC(=O)c3cccc(O)c3C2)C(=O)N1. The number of Topliss-reactive ketones (excluding diaryl/α,β-unsaturated/α-hetero) is 1. The van der Waals surface area contributed by atoms with Crippen LogP contribution in [0.5, 0.6) is 5.75 Å². The number of benzene rings is 1. The highest BCUT2D eigenvalue weighted by Crippen LogP contribution is 2.35. The summed E-state index contributed by atoms with van der Waals surface area (Å²) in [5, 5.41) is 12.3. The zero-order chi connectivity index (χ0) is 15.0. The number of rotatable bonds is 2. The zero-order valence-electron chi connectivity index (χ0n) is 11.6. The Morgan fingerprint density at radius 2 is 2.00 bits per heavy atom. The van der Waals surface area contributed by atoms with Crippen LogP contribution in [0.25, 0.3) is 0 Å². The van der Waals surface area contributed by atoms with E-state index >= 15 is 0 Å². The van der Waals surface area contributed by atoms with E-state index < -0.39 is 0 Å². The number of amides is 2. The molecule has 21 heavy (non-hydrogen) atoms. The van der Waals surface area contributed by atoms with E-state index in [2.05, 4.69) is 5.32 Å². The molecule has 1 fully saturated rings. The molecular weight excluding hydrogens is 270 g/mol. The Balaban J connectivity index is 1.74. The summed E-state index contributed by atoms with van der Waals surface area (Å²) in [7, 11) is 0. The van der Waals surface area contributed by atoms with Gasteiger partial charge in [-0.05, 0) is 31.2 Å². The van der Waals surface area contributed by atoms with Crippen LogP contribution in [0.2, 0.25) is 0 Å². The number of ketones is 1. The smallest absolute Gasteiger partial charge is 0.229 e. The lowest BCUT2D eigenvalue weighted by Gasteiger charge is -2.28. The molecule has 1 aromatic carbocycles. The van der Waals surface area contributed by atoms with Crippen LogP contribution in [-0.4, -0.2) is 22.7 Å². The van der Waals surface area contributed by atoms with E-state index in [0.29, 0.717) is 43.2 Å². The van der Waals surface area contributed by atoms with E-state index in [1.807, 2.05) is 0 Å². The second kappa shape index (κ2) is 5.31. The number of hydrogen-bond acceptors (Lipinski definition) is 4. The Morgan fingerprint density at radius 1 is 1.19 bits per heavy atom. The predicted octanol–water partition coefficient (Wildman–Crippen LogP) is 1.58. The van der Waals surface area contributed by atoms with Crippen molar-refractivity contribution >= 4 is 17.6 Å². The van der Waals surface area contributed by atoms with Crippen LogP contribution in [0.3, 0.4) is 0 Å². The molecule has 2 N–H and O–H groups in total. The molecule has 2 aliphatic rings. The molecule has 1 saturated heterocycles. The van der Waals surface area contributed by atoms with Gasteiger partial charge in [-0.25, -0.2) is 0 Å². The van der Waals surface area contributed by atoms with Gasteiger partial charge < -0.3 is 5.11 Å². The average molecular weight is 287 g/mol. The van der Waals surface area contributed by atoms with Crippen molar-refractivity contribution < 1.29 is 19.5 Å². The maximum atomic E-state index is 12.2. The van der Waals surface area contributed by atoms with Crippen LogP contribution in [0.15, 0.2) is 18.2 Å². The second-order valence-electron chi connectivity index (χ2n) is 5.88. The molecule has 0 spiro atoms. The number of carbonyl (C=O) groups excluding carboxylic acids is 3. The molecule has 0 radical (unpaired) electrons.